The fourth-order valence-corrected chi connectivity index (χ4v) is 1.77. The molecule has 1 unspecified atom stereocenters. The molecule has 15 heavy (non-hydrogen) atoms. The minimum atomic E-state index is -0.342. The van der Waals surface area contributed by atoms with Gasteiger partial charge >= 0.3 is 0 Å². The van der Waals surface area contributed by atoms with Gasteiger partial charge in [0.1, 0.15) is 0 Å². The Morgan fingerprint density at radius 3 is 3.20 bits per heavy atom. The smallest absolute Gasteiger partial charge is 0.258 e. The lowest BCUT2D eigenvalue weighted by atomic mass is 10.3. The molecule has 0 aromatic carbocycles. The Hall–Kier alpha value is -1.24. The zero-order valence-electron chi connectivity index (χ0n) is 8.21. The van der Waals surface area contributed by atoms with Crippen molar-refractivity contribution in [2.75, 3.05) is 13.7 Å². The fraction of sp³-hybridized carbons (Fsp3) is 0.333. The fourth-order valence-electron chi connectivity index (χ4n) is 1.14. The van der Waals surface area contributed by atoms with E-state index in [0.29, 0.717) is 18.3 Å². The maximum atomic E-state index is 5.76. The van der Waals surface area contributed by atoms with E-state index in [2.05, 4.69) is 10.1 Å². The summed E-state index contributed by atoms with van der Waals surface area (Å²) in [6, 6.07) is 1.58. The molecule has 1 atom stereocenters. The van der Waals surface area contributed by atoms with E-state index in [4.69, 9.17) is 15.0 Å². The van der Waals surface area contributed by atoms with Crippen LogP contribution in [0.1, 0.15) is 11.9 Å². The highest BCUT2D eigenvalue weighted by molar-refractivity contribution is 7.08. The lowest BCUT2D eigenvalue weighted by Gasteiger charge is -2.02. The van der Waals surface area contributed by atoms with Gasteiger partial charge in [-0.05, 0) is 11.4 Å². The van der Waals surface area contributed by atoms with Gasteiger partial charge < -0.3 is 15.0 Å². The van der Waals surface area contributed by atoms with Crippen molar-refractivity contribution in [2.45, 2.75) is 6.04 Å². The molecule has 0 spiro atoms. The summed E-state index contributed by atoms with van der Waals surface area (Å²) in [7, 11) is 1.58. The van der Waals surface area contributed by atoms with Crippen LogP contribution < -0.4 is 5.73 Å². The zero-order valence-corrected chi connectivity index (χ0v) is 9.03. The van der Waals surface area contributed by atoms with E-state index in [-0.39, 0.29) is 6.04 Å². The second kappa shape index (κ2) is 4.52. The number of nitrogens with zero attached hydrogens (tertiary/aromatic N) is 2. The molecular formula is C9H11N3O2S. The maximum absolute atomic E-state index is 5.76. The van der Waals surface area contributed by atoms with Crippen molar-refractivity contribution in [1.29, 1.82) is 0 Å². The Morgan fingerprint density at radius 1 is 1.67 bits per heavy atom. The molecule has 0 saturated carbocycles. The standard InChI is InChI=1S/C9H11N3O2S/c1-13-4-7(10)8-11-9(14-12-8)6-2-3-15-5-6/h2-3,5,7H,4,10H2,1H3. The summed E-state index contributed by atoms with van der Waals surface area (Å²) >= 11 is 1.58. The van der Waals surface area contributed by atoms with Crippen LogP contribution in [0.3, 0.4) is 0 Å². The van der Waals surface area contributed by atoms with Gasteiger partial charge in [0.2, 0.25) is 0 Å². The predicted octanol–water partition coefficient (Wildman–Crippen LogP) is 1.44. The molecule has 0 aliphatic carbocycles. The highest BCUT2D eigenvalue weighted by Gasteiger charge is 2.14. The monoisotopic (exact) mass is 225 g/mol. The average Bonchev–Trinajstić information content (AvgIpc) is 2.89. The van der Waals surface area contributed by atoms with Crippen molar-refractivity contribution in [1.82, 2.24) is 10.1 Å². The molecule has 2 heterocycles. The van der Waals surface area contributed by atoms with Crippen LogP contribution in [-0.4, -0.2) is 23.9 Å². The Labute approximate surface area is 90.9 Å². The summed E-state index contributed by atoms with van der Waals surface area (Å²) < 4.78 is 10.00. The van der Waals surface area contributed by atoms with Gasteiger partial charge in [0.25, 0.3) is 5.89 Å². The highest BCUT2D eigenvalue weighted by atomic mass is 32.1. The quantitative estimate of drug-likeness (QED) is 0.852. The second-order valence-electron chi connectivity index (χ2n) is 3.03. The van der Waals surface area contributed by atoms with Crippen LogP contribution >= 0.6 is 11.3 Å². The van der Waals surface area contributed by atoms with E-state index in [9.17, 15) is 0 Å². The average molecular weight is 225 g/mol. The summed E-state index contributed by atoms with van der Waals surface area (Å²) in [5.74, 6) is 0.968. The van der Waals surface area contributed by atoms with Gasteiger partial charge in [0.05, 0.1) is 18.2 Å². The summed E-state index contributed by atoms with van der Waals surface area (Å²) in [6.07, 6.45) is 0. The van der Waals surface area contributed by atoms with E-state index >= 15 is 0 Å². The zero-order chi connectivity index (χ0) is 10.7. The van der Waals surface area contributed by atoms with Gasteiger partial charge in [0, 0.05) is 12.5 Å². The van der Waals surface area contributed by atoms with Gasteiger partial charge in [0.15, 0.2) is 5.82 Å². The molecule has 0 bridgehead atoms. The summed E-state index contributed by atoms with van der Waals surface area (Å²) in [5, 5.41) is 7.70. The molecule has 2 aromatic heterocycles. The number of ether oxygens (including phenoxy) is 1. The van der Waals surface area contributed by atoms with Crippen molar-refractivity contribution in [3.8, 4) is 11.5 Å². The first-order valence-corrected chi connectivity index (χ1v) is 5.36. The van der Waals surface area contributed by atoms with Crippen molar-refractivity contribution in [3.05, 3.63) is 22.7 Å². The van der Waals surface area contributed by atoms with Gasteiger partial charge in [-0.1, -0.05) is 5.16 Å². The van der Waals surface area contributed by atoms with Gasteiger partial charge in [-0.25, -0.2) is 0 Å². The maximum Gasteiger partial charge on any atom is 0.258 e. The van der Waals surface area contributed by atoms with Crippen molar-refractivity contribution >= 4 is 11.3 Å². The van der Waals surface area contributed by atoms with E-state index < -0.39 is 0 Å². The van der Waals surface area contributed by atoms with Gasteiger partial charge in [-0.2, -0.15) is 16.3 Å². The number of thiophene rings is 1. The molecule has 0 radical (unpaired) electrons. The third-order valence-corrected chi connectivity index (χ3v) is 2.57. The number of aromatic nitrogens is 2. The summed E-state index contributed by atoms with van der Waals surface area (Å²) in [4.78, 5) is 4.20. The van der Waals surface area contributed by atoms with Crippen LogP contribution in [0.25, 0.3) is 11.5 Å². The second-order valence-corrected chi connectivity index (χ2v) is 3.81. The molecule has 0 amide bonds. The lowest BCUT2D eigenvalue weighted by molar-refractivity contribution is 0.177. The predicted molar refractivity (Wildman–Crippen MR) is 56.4 cm³/mol. The van der Waals surface area contributed by atoms with E-state index in [1.807, 2.05) is 16.8 Å². The third-order valence-electron chi connectivity index (χ3n) is 1.89. The Bertz CT molecular complexity index is 413. The molecule has 2 rings (SSSR count). The number of hydrogen-bond acceptors (Lipinski definition) is 6. The Balaban J connectivity index is 2.17. The first kappa shape index (κ1) is 10.3. The van der Waals surface area contributed by atoms with Crippen molar-refractivity contribution < 1.29 is 9.26 Å². The minimum absolute atomic E-state index is 0.342. The first-order valence-electron chi connectivity index (χ1n) is 4.42. The highest BCUT2D eigenvalue weighted by Crippen LogP contribution is 2.21. The molecule has 0 aliphatic rings. The number of rotatable bonds is 4. The Kier molecular flexibility index (Phi) is 3.10. The largest absolute Gasteiger partial charge is 0.383 e. The van der Waals surface area contributed by atoms with Crippen molar-refractivity contribution in [2.24, 2.45) is 5.73 Å². The lowest BCUT2D eigenvalue weighted by Crippen LogP contribution is -2.17. The summed E-state index contributed by atoms with van der Waals surface area (Å²) in [6.45, 7) is 0.378. The number of hydrogen-bond donors (Lipinski definition) is 1. The number of nitrogens with two attached hydrogens (primary N) is 1. The van der Waals surface area contributed by atoms with E-state index in [1.165, 1.54) is 0 Å². The first-order chi connectivity index (χ1) is 7.31. The number of methoxy groups -OCH3 is 1. The molecule has 80 valence electrons. The van der Waals surface area contributed by atoms with Crippen LogP contribution in [0, 0.1) is 0 Å². The molecular weight excluding hydrogens is 214 g/mol. The van der Waals surface area contributed by atoms with Crippen LogP contribution in [0.4, 0.5) is 0 Å². The van der Waals surface area contributed by atoms with Crippen LogP contribution in [0.5, 0.6) is 0 Å². The topological polar surface area (TPSA) is 74.2 Å². The van der Waals surface area contributed by atoms with Gasteiger partial charge in [-0.3, -0.25) is 0 Å². The van der Waals surface area contributed by atoms with Crippen LogP contribution in [0.2, 0.25) is 0 Å². The normalized spacial score (nSPS) is 12.9. The van der Waals surface area contributed by atoms with E-state index in [1.54, 1.807) is 18.4 Å². The molecule has 6 heteroatoms. The minimum Gasteiger partial charge on any atom is -0.383 e. The van der Waals surface area contributed by atoms with Crippen LogP contribution in [0.15, 0.2) is 21.3 Å². The van der Waals surface area contributed by atoms with Crippen LogP contribution in [-0.2, 0) is 4.74 Å². The molecule has 5 nitrogen and oxygen atoms in total. The molecule has 0 fully saturated rings. The molecule has 2 N–H and O–H groups in total. The Morgan fingerprint density at radius 2 is 2.53 bits per heavy atom. The third kappa shape index (κ3) is 2.23. The molecule has 0 aliphatic heterocycles. The molecule has 0 saturated heterocycles. The summed E-state index contributed by atoms with van der Waals surface area (Å²) in [5.41, 5.74) is 6.68. The SMILES string of the molecule is COCC(N)c1noc(-c2ccsc2)n1. The van der Waals surface area contributed by atoms with Crippen molar-refractivity contribution in [3.63, 3.8) is 0 Å². The van der Waals surface area contributed by atoms with E-state index in [0.717, 1.165) is 5.56 Å². The molecule has 2 aromatic rings. The van der Waals surface area contributed by atoms with Gasteiger partial charge in [-0.15, -0.1) is 0 Å².